The SMILES string of the molecule is O=C(CNC(=O)C(F)(F)F)OCC=C1CCCC1. The van der Waals surface area contributed by atoms with Crippen LogP contribution in [0.4, 0.5) is 13.2 Å². The summed E-state index contributed by atoms with van der Waals surface area (Å²) in [5.41, 5.74) is 1.20. The van der Waals surface area contributed by atoms with E-state index in [1.54, 1.807) is 6.08 Å². The molecule has 1 N–H and O–H groups in total. The molecule has 1 saturated carbocycles. The summed E-state index contributed by atoms with van der Waals surface area (Å²) in [5.74, 6) is -3.03. The van der Waals surface area contributed by atoms with Crippen molar-refractivity contribution in [3.05, 3.63) is 11.6 Å². The predicted molar refractivity (Wildman–Crippen MR) is 56.6 cm³/mol. The number of carbonyl (C=O) groups excluding carboxylic acids is 2. The fourth-order valence-corrected chi connectivity index (χ4v) is 1.59. The van der Waals surface area contributed by atoms with Crippen LogP contribution in [0.1, 0.15) is 25.7 Å². The third-order valence-electron chi connectivity index (χ3n) is 2.51. The number of ether oxygens (including phenoxy) is 1. The van der Waals surface area contributed by atoms with E-state index in [1.165, 1.54) is 10.9 Å². The first kappa shape index (κ1) is 14.5. The molecule has 1 fully saturated rings. The molecule has 0 unspecified atom stereocenters. The average Bonchev–Trinajstić information content (AvgIpc) is 2.77. The first-order valence-electron chi connectivity index (χ1n) is 5.58. The van der Waals surface area contributed by atoms with E-state index in [9.17, 15) is 22.8 Å². The second-order valence-corrected chi connectivity index (χ2v) is 3.93. The molecule has 0 aliphatic heterocycles. The Labute approximate surface area is 102 Å². The summed E-state index contributed by atoms with van der Waals surface area (Å²) in [7, 11) is 0. The maximum Gasteiger partial charge on any atom is 0.471 e. The van der Waals surface area contributed by atoms with Gasteiger partial charge in [-0.15, -0.1) is 0 Å². The third-order valence-corrected chi connectivity index (χ3v) is 2.51. The highest BCUT2D eigenvalue weighted by Gasteiger charge is 2.38. The number of amides is 1. The van der Waals surface area contributed by atoms with Crippen molar-refractivity contribution in [1.82, 2.24) is 5.32 Å². The van der Waals surface area contributed by atoms with Gasteiger partial charge in [0.25, 0.3) is 0 Å². The van der Waals surface area contributed by atoms with Crippen LogP contribution in [0.25, 0.3) is 0 Å². The minimum atomic E-state index is -4.98. The highest BCUT2D eigenvalue weighted by atomic mass is 19.4. The molecule has 0 saturated heterocycles. The first-order chi connectivity index (χ1) is 8.39. The van der Waals surface area contributed by atoms with Crippen LogP contribution in [0.3, 0.4) is 0 Å². The number of halogens is 3. The Bertz CT molecular complexity index is 342. The number of allylic oxidation sites excluding steroid dienone is 1. The predicted octanol–water partition coefficient (Wildman–Crippen LogP) is 1.71. The topological polar surface area (TPSA) is 55.4 Å². The second kappa shape index (κ2) is 6.42. The molecule has 1 amide bonds. The Balaban J connectivity index is 2.18. The minimum Gasteiger partial charge on any atom is -0.460 e. The Kier molecular flexibility index (Phi) is 5.18. The monoisotopic (exact) mass is 265 g/mol. The van der Waals surface area contributed by atoms with E-state index in [-0.39, 0.29) is 6.61 Å². The molecule has 1 aliphatic carbocycles. The van der Waals surface area contributed by atoms with Crippen LogP contribution in [-0.2, 0) is 14.3 Å². The van der Waals surface area contributed by atoms with E-state index in [1.807, 2.05) is 0 Å². The summed E-state index contributed by atoms with van der Waals surface area (Å²) >= 11 is 0. The molecule has 0 bridgehead atoms. The lowest BCUT2D eigenvalue weighted by molar-refractivity contribution is -0.174. The third kappa shape index (κ3) is 5.20. The van der Waals surface area contributed by atoms with Crippen LogP contribution in [0.15, 0.2) is 11.6 Å². The zero-order chi connectivity index (χ0) is 13.6. The van der Waals surface area contributed by atoms with Gasteiger partial charge in [0.05, 0.1) is 0 Å². The smallest absolute Gasteiger partial charge is 0.460 e. The highest BCUT2D eigenvalue weighted by molar-refractivity contribution is 5.85. The van der Waals surface area contributed by atoms with E-state index in [0.29, 0.717) is 0 Å². The molecule has 0 atom stereocenters. The Morgan fingerprint density at radius 3 is 2.44 bits per heavy atom. The fourth-order valence-electron chi connectivity index (χ4n) is 1.59. The first-order valence-corrected chi connectivity index (χ1v) is 5.58. The van der Waals surface area contributed by atoms with Crippen molar-refractivity contribution >= 4 is 11.9 Å². The van der Waals surface area contributed by atoms with E-state index in [2.05, 4.69) is 4.74 Å². The van der Waals surface area contributed by atoms with Gasteiger partial charge in [0.15, 0.2) is 0 Å². The summed E-state index contributed by atoms with van der Waals surface area (Å²) in [4.78, 5) is 21.4. The van der Waals surface area contributed by atoms with Crippen LogP contribution in [0.5, 0.6) is 0 Å². The molecule has 1 aliphatic rings. The number of hydrogen-bond acceptors (Lipinski definition) is 3. The molecule has 0 radical (unpaired) electrons. The standard InChI is InChI=1S/C11H14F3NO3/c12-11(13,14)10(17)15-7-9(16)18-6-5-8-3-1-2-4-8/h5H,1-4,6-7H2,(H,15,17). The summed E-state index contributed by atoms with van der Waals surface area (Å²) in [6.07, 6.45) is 0.955. The van der Waals surface area contributed by atoms with Crippen LogP contribution in [-0.4, -0.2) is 31.2 Å². The normalized spacial score (nSPS) is 15.4. The Hall–Kier alpha value is -1.53. The minimum absolute atomic E-state index is 0.0378. The molecule has 0 spiro atoms. The van der Waals surface area contributed by atoms with Gasteiger partial charge in [0, 0.05) is 0 Å². The summed E-state index contributed by atoms with van der Waals surface area (Å²) < 4.78 is 40.0. The van der Waals surface area contributed by atoms with Crippen LogP contribution in [0, 0.1) is 0 Å². The molecule has 1 rings (SSSR count). The molecule has 0 aromatic heterocycles. The molecule has 18 heavy (non-hydrogen) atoms. The maximum atomic E-state index is 11.8. The van der Waals surface area contributed by atoms with Crippen molar-refractivity contribution in [2.75, 3.05) is 13.2 Å². The zero-order valence-corrected chi connectivity index (χ0v) is 9.68. The van der Waals surface area contributed by atoms with Gasteiger partial charge in [-0.3, -0.25) is 9.59 Å². The van der Waals surface area contributed by atoms with Gasteiger partial charge in [-0.2, -0.15) is 13.2 Å². The van der Waals surface area contributed by atoms with E-state index in [0.717, 1.165) is 25.7 Å². The Morgan fingerprint density at radius 2 is 1.89 bits per heavy atom. The van der Waals surface area contributed by atoms with Crippen molar-refractivity contribution < 1.29 is 27.5 Å². The number of carbonyl (C=O) groups is 2. The van der Waals surface area contributed by atoms with E-state index < -0.39 is 24.6 Å². The summed E-state index contributed by atoms with van der Waals surface area (Å²) in [6.45, 7) is -0.739. The summed E-state index contributed by atoms with van der Waals surface area (Å²) in [6, 6.07) is 0. The number of hydrogen-bond donors (Lipinski definition) is 1. The lowest BCUT2D eigenvalue weighted by Gasteiger charge is -2.07. The number of rotatable bonds is 4. The van der Waals surface area contributed by atoms with Gasteiger partial charge >= 0.3 is 18.1 Å². The molecule has 102 valence electrons. The average molecular weight is 265 g/mol. The number of nitrogens with one attached hydrogen (secondary N) is 1. The molecular formula is C11H14F3NO3. The molecule has 0 aromatic rings. The molecular weight excluding hydrogens is 251 g/mol. The lowest BCUT2D eigenvalue weighted by atomic mass is 10.2. The van der Waals surface area contributed by atoms with Gasteiger partial charge in [0.2, 0.25) is 0 Å². The van der Waals surface area contributed by atoms with Crippen LogP contribution in [0.2, 0.25) is 0 Å². The van der Waals surface area contributed by atoms with Crippen molar-refractivity contribution in [3.63, 3.8) is 0 Å². The van der Waals surface area contributed by atoms with Gasteiger partial charge < -0.3 is 10.1 Å². The highest BCUT2D eigenvalue weighted by Crippen LogP contribution is 2.23. The molecule has 7 heteroatoms. The van der Waals surface area contributed by atoms with Crippen molar-refractivity contribution in [2.24, 2.45) is 0 Å². The molecule has 0 aromatic carbocycles. The zero-order valence-electron chi connectivity index (χ0n) is 9.68. The maximum absolute atomic E-state index is 11.8. The second-order valence-electron chi connectivity index (χ2n) is 3.93. The van der Waals surface area contributed by atoms with Crippen molar-refractivity contribution in [3.8, 4) is 0 Å². The van der Waals surface area contributed by atoms with Gasteiger partial charge in [-0.1, -0.05) is 5.57 Å². The van der Waals surface area contributed by atoms with E-state index >= 15 is 0 Å². The number of esters is 1. The molecule has 4 nitrogen and oxygen atoms in total. The van der Waals surface area contributed by atoms with Gasteiger partial charge in [0.1, 0.15) is 13.2 Å². The summed E-state index contributed by atoms with van der Waals surface area (Å²) in [5, 5.41) is 1.44. The largest absolute Gasteiger partial charge is 0.471 e. The van der Waals surface area contributed by atoms with Crippen molar-refractivity contribution in [2.45, 2.75) is 31.9 Å². The Morgan fingerprint density at radius 1 is 1.28 bits per heavy atom. The quantitative estimate of drug-likeness (QED) is 0.622. The molecule has 0 heterocycles. The van der Waals surface area contributed by atoms with Crippen LogP contribution < -0.4 is 5.32 Å². The van der Waals surface area contributed by atoms with Gasteiger partial charge in [-0.05, 0) is 31.8 Å². The van der Waals surface area contributed by atoms with Crippen LogP contribution >= 0.6 is 0 Å². The van der Waals surface area contributed by atoms with Gasteiger partial charge in [-0.25, -0.2) is 0 Å². The fraction of sp³-hybridized carbons (Fsp3) is 0.636. The number of alkyl halides is 3. The van der Waals surface area contributed by atoms with E-state index in [4.69, 9.17) is 0 Å². The lowest BCUT2D eigenvalue weighted by Crippen LogP contribution is -2.40. The van der Waals surface area contributed by atoms with Crippen molar-refractivity contribution in [1.29, 1.82) is 0 Å².